The molecule has 8 rings (SSSR count). The molecule has 1 saturated heterocycles. The molecule has 60 heavy (non-hydrogen) atoms. The second-order valence-electron chi connectivity index (χ2n) is 17.1. The van der Waals surface area contributed by atoms with Gasteiger partial charge in [-0.2, -0.15) is 0 Å². The average Bonchev–Trinajstić information content (AvgIpc) is 4.13. The van der Waals surface area contributed by atoms with Crippen molar-refractivity contribution in [3.63, 3.8) is 0 Å². The van der Waals surface area contributed by atoms with Crippen LogP contribution >= 0.6 is 0 Å². The van der Waals surface area contributed by atoms with E-state index in [4.69, 9.17) is 28.7 Å². The van der Waals surface area contributed by atoms with Gasteiger partial charge in [0.25, 0.3) is 5.91 Å². The second kappa shape index (κ2) is 17.4. The molecule has 4 bridgehead atoms. The van der Waals surface area contributed by atoms with Crippen molar-refractivity contribution in [2.45, 2.75) is 138 Å². The molecule has 17 heteroatoms. The van der Waals surface area contributed by atoms with Crippen LogP contribution in [-0.2, 0) is 40.3 Å². The summed E-state index contributed by atoms with van der Waals surface area (Å²) in [7, 11) is -2.31. The summed E-state index contributed by atoms with van der Waals surface area (Å²) in [6.07, 6.45) is 8.07. The number of pyridine rings is 1. The van der Waals surface area contributed by atoms with E-state index in [0.29, 0.717) is 86.4 Å². The molecule has 1 aromatic carbocycles. The highest BCUT2D eigenvalue weighted by Crippen LogP contribution is 2.46. The zero-order chi connectivity index (χ0) is 42.2. The number of benzene rings is 1. The summed E-state index contributed by atoms with van der Waals surface area (Å²) in [5, 5.41) is 5.84. The molecule has 16 nitrogen and oxygen atoms in total. The first-order chi connectivity index (χ1) is 28.9. The molecule has 0 unspecified atom stereocenters. The van der Waals surface area contributed by atoms with Gasteiger partial charge in [0.2, 0.25) is 27.7 Å². The van der Waals surface area contributed by atoms with Crippen LogP contribution in [0, 0.1) is 11.8 Å². The Hall–Kier alpha value is -4.64. The molecule has 6 aliphatic rings. The number of fused-ring (bicyclic) bond motifs is 4. The number of alkyl carbamates (subject to hydrolysis) is 1. The monoisotopic (exact) mass is 851 g/mol. The summed E-state index contributed by atoms with van der Waals surface area (Å²) in [5.41, 5.74) is -0.0821. The summed E-state index contributed by atoms with van der Waals surface area (Å²) in [6.45, 7) is 6.44. The first kappa shape index (κ1) is 42.1. The number of methoxy groups -OCH3 is 1. The topological polar surface area (TPSA) is 201 Å². The molecule has 4 aliphatic carbocycles. The maximum atomic E-state index is 15.1. The van der Waals surface area contributed by atoms with E-state index in [-0.39, 0.29) is 31.4 Å². The zero-order valence-electron chi connectivity index (χ0n) is 34.4. The standard InChI is InChI=1S/C43H57N5O11S/c1-4-27-23-43(27,41(51)47-60(53,54)29-16-17-29)46-39(49)32-20-28-24-48(32)40(50)38(25-11-7-6-8-12-25)45-42(52)59-34-15-9-14-33(34)57-18-10-13-26-19-30-31(21-35(26)55-3)44-37(56-5-2)22-36(30)58-28/h4,19,21-22,25,27-29,32-34,38H,1,5-18,20,23-24H2,2-3H3,(H,45,52)(H,46,49)(H,47,51)/t27-,28+,32-,33+,34+,38-,43+/m0/s1. The van der Waals surface area contributed by atoms with E-state index in [0.717, 1.165) is 37.7 Å². The molecule has 0 spiro atoms. The van der Waals surface area contributed by atoms with E-state index in [2.05, 4.69) is 21.9 Å². The van der Waals surface area contributed by atoms with Gasteiger partial charge in [-0.3, -0.25) is 19.1 Å². The van der Waals surface area contributed by atoms with E-state index in [1.165, 1.54) is 11.0 Å². The third-order valence-corrected chi connectivity index (χ3v) is 14.9. The Morgan fingerprint density at radius 1 is 1.03 bits per heavy atom. The minimum Gasteiger partial charge on any atom is -0.496 e. The summed E-state index contributed by atoms with van der Waals surface area (Å²) >= 11 is 0. The molecule has 3 heterocycles. The van der Waals surface area contributed by atoms with Gasteiger partial charge in [-0.05, 0) is 88.7 Å². The van der Waals surface area contributed by atoms with Gasteiger partial charge in [0.1, 0.15) is 41.3 Å². The largest absolute Gasteiger partial charge is 0.496 e. The van der Waals surface area contributed by atoms with Gasteiger partial charge in [-0.15, -0.1) is 6.58 Å². The highest BCUT2D eigenvalue weighted by Gasteiger charge is 2.62. The fourth-order valence-electron chi connectivity index (χ4n) is 9.56. The van der Waals surface area contributed by atoms with E-state index < -0.39 is 74.8 Å². The highest BCUT2D eigenvalue weighted by atomic mass is 32.2. The number of sulfonamides is 1. The Morgan fingerprint density at radius 3 is 2.53 bits per heavy atom. The number of rotatable bonds is 10. The van der Waals surface area contributed by atoms with Crippen LogP contribution in [0.5, 0.6) is 17.4 Å². The maximum Gasteiger partial charge on any atom is 0.408 e. The van der Waals surface area contributed by atoms with E-state index in [1.807, 2.05) is 19.1 Å². The number of aromatic nitrogens is 1. The molecule has 2 aromatic rings. The van der Waals surface area contributed by atoms with Crippen LogP contribution in [-0.4, -0.2) is 110 Å². The Bertz CT molecular complexity index is 2110. The van der Waals surface area contributed by atoms with E-state index in [1.54, 1.807) is 13.2 Å². The number of amides is 4. The van der Waals surface area contributed by atoms with Crippen LogP contribution in [0.25, 0.3) is 10.9 Å². The lowest BCUT2D eigenvalue weighted by Crippen LogP contribution is -2.59. The molecule has 326 valence electrons. The summed E-state index contributed by atoms with van der Waals surface area (Å²) in [6, 6.07) is 3.38. The van der Waals surface area contributed by atoms with Gasteiger partial charge in [-0.1, -0.05) is 25.3 Å². The Labute approximate surface area is 350 Å². The SMILES string of the molecule is C=C[C@H]1C[C@]1(NC(=O)[C@@H]1C[C@@H]2CN1C(=O)[C@H](C1CCCCC1)NC(=O)O[C@@H]1CCC[C@H]1OCCCc1cc3c(cc(OCC)nc3cc1OC)O2)C(=O)NS(=O)(=O)C1CC1. The zero-order valence-corrected chi connectivity index (χ0v) is 35.3. The molecular weight excluding hydrogens is 795 g/mol. The molecular formula is C43H57N5O11S. The van der Waals surface area contributed by atoms with E-state index >= 15 is 4.79 Å². The predicted molar refractivity (Wildman–Crippen MR) is 219 cm³/mol. The molecule has 4 saturated carbocycles. The van der Waals surface area contributed by atoms with Gasteiger partial charge >= 0.3 is 6.09 Å². The van der Waals surface area contributed by atoms with Crippen LogP contribution in [0.2, 0.25) is 0 Å². The van der Waals surface area contributed by atoms with Crippen LogP contribution < -0.4 is 29.6 Å². The lowest BCUT2D eigenvalue weighted by atomic mass is 9.83. The Kier molecular flexibility index (Phi) is 12.2. The summed E-state index contributed by atoms with van der Waals surface area (Å²) < 4.78 is 58.6. The quantitative estimate of drug-likeness (QED) is 0.288. The van der Waals surface area contributed by atoms with Gasteiger partial charge in [0.05, 0.1) is 37.1 Å². The number of carbonyl (C=O) groups excluding carboxylic acids is 4. The molecule has 7 atom stereocenters. The normalized spacial score (nSPS) is 30.1. The number of nitrogens with zero attached hydrogens (tertiary/aromatic N) is 2. The number of hydrogen-bond acceptors (Lipinski definition) is 12. The third-order valence-electron chi connectivity index (χ3n) is 13.1. The summed E-state index contributed by atoms with van der Waals surface area (Å²) in [4.78, 5) is 63.3. The van der Waals surface area contributed by atoms with Crippen molar-refractivity contribution < 1.29 is 51.3 Å². The predicted octanol–water partition coefficient (Wildman–Crippen LogP) is 4.22. The number of ether oxygens (including phenoxy) is 5. The second-order valence-corrected chi connectivity index (χ2v) is 19.1. The van der Waals surface area contributed by atoms with Crippen molar-refractivity contribution in [1.29, 1.82) is 0 Å². The lowest BCUT2D eigenvalue weighted by molar-refractivity contribution is -0.142. The fraction of sp³-hybridized carbons (Fsp3) is 0.651. The van der Waals surface area contributed by atoms with Crippen molar-refractivity contribution in [1.82, 2.24) is 25.2 Å². The Morgan fingerprint density at radius 2 is 1.82 bits per heavy atom. The molecule has 4 amide bonds. The minimum atomic E-state index is -3.92. The smallest absolute Gasteiger partial charge is 0.408 e. The number of aryl methyl sites for hydroxylation is 1. The number of hydrogen-bond donors (Lipinski definition) is 3. The van der Waals surface area contributed by atoms with Crippen molar-refractivity contribution in [3.8, 4) is 17.4 Å². The summed E-state index contributed by atoms with van der Waals surface area (Å²) in [5.74, 6) is -1.27. The number of nitrogens with one attached hydrogen (secondary N) is 3. The van der Waals surface area contributed by atoms with Gasteiger partial charge in [-0.25, -0.2) is 18.2 Å². The number of carbonyl (C=O) groups is 4. The van der Waals surface area contributed by atoms with Crippen molar-refractivity contribution in [3.05, 3.63) is 36.4 Å². The van der Waals surface area contributed by atoms with Gasteiger partial charge in [0, 0.05) is 36.5 Å². The molecule has 2 aliphatic heterocycles. The lowest BCUT2D eigenvalue weighted by Gasteiger charge is -2.35. The molecule has 3 N–H and O–H groups in total. The van der Waals surface area contributed by atoms with Crippen molar-refractivity contribution in [2.24, 2.45) is 11.8 Å². The average molecular weight is 852 g/mol. The molecule has 5 fully saturated rings. The van der Waals surface area contributed by atoms with Gasteiger partial charge < -0.3 is 39.2 Å². The molecule has 1 aromatic heterocycles. The van der Waals surface area contributed by atoms with Crippen LogP contribution in [0.1, 0.15) is 96.0 Å². The van der Waals surface area contributed by atoms with Crippen molar-refractivity contribution >= 4 is 44.7 Å². The van der Waals surface area contributed by atoms with Crippen molar-refractivity contribution in [2.75, 3.05) is 26.9 Å². The van der Waals surface area contributed by atoms with Crippen LogP contribution in [0.15, 0.2) is 30.9 Å². The van der Waals surface area contributed by atoms with Gasteiger partial charge in [0.15, 0.2) is 0 Å². The first-order valence-corrected chi connectivity index (χ1v) is 23.2. The van der Waals surface area contributed by atoms with Crippen LogP contribution in [0.4, 0.5) is 4.79 Å². The fourth-order valence-corrected chi connectivity index (χ4v) is 10.9. The first-order valence-electron chi connectivity index (χ1n) is 21.6. The maximum absolute atomic E-state index is 15.1. The minimum absolute atomic E-state index is 0.0215. The third kappa shape index (κ3) is 8.74. The Balaban J connectivity index is 1.16. The van der Waals surface area contributed by atoms with E-state index in [9.17, 15) is 22.8 Å². The molecule has 0 radical (unpaired) electrons. The van der Waals surface area contributed by atoms with Crippen LogP contribution in [0.3, 0.4) is 0 Å². The highest BCUT2D eigenvalue weighted by molar-refractivity contribution is 7.91.